The van der Waals surface area contributed by atoms with Gasteiger partial charge in [-0.05, 0) is 67.8 Å². The third-order valence-corrected chi connectivity index (χ3v) is 5.72. The molecule has 0 unspecified atom stereocenters. The number of imide groups is 2. The molecule has 2 aromatic rings. The first kappa shape index (κ1) is 23.3. The molecule has 32 heavy (non-hydrogen) atoms. The fourth-order valence-corrected chi connectivity index (χ4v) is 3.64. The van der Waals surface area contributed by atoms with Gasteiger partial charge in [-0.2, -0.15) is 0 Å². The first-order valence-electron chi connectivity index (χ1n) is 9.92. The molecular weight excluding hydrogens is 476 g/mol. The number of barbiturate groups is 1. The zero-order chi connectivity index (χ0) is 23.4. The molecule has 0 aliphatic carbocycles. The lowest BCUT2D eigenvalue weighted by molar-refractivity contribution is -0.122. The monoisotopic (exact) mass is 498 g/mol. The van der Waals surface area contributed by atoms with Crippen molar-refractivity contribution < 1.29 is 23.9 Å². The van der Waals surface area contributed by atoms with Crippen LogP contribution in [0.25, 0.3) is 6.08 Å². The Morgan fingerprint density at radius 2 is 1.94 bits per heavy atom. The van der Waals surface area contributed by atoms with Gasteiger partial charge in [0.05, 0.1) is 19.4 Å². The van der Waals surface area contributed by atoms with Gasteiger partial charge >= 0.3 is 6.03 Å². The van der Waals surface area contributed by atoms with Gasteiger partial charge in [0.15, 0.2) is 11.5 Å². The Morgan fingerprint density at radius 3 is 2.56 bits per heavy atom. The van der Waals surface area contributed by atoms with Gasteiger partial charge in [0.25, 0.3) is 11.8 Å². The molecule has 1 aliphatic rings. The van der Waals surface area contributed by atoms with Gasteiger partial charge in [-0.1, -0.05) is 22.0 Å². The summed E-state index contributed by atoms with van der Waals surface area (Å²) in [6, 6.07) is 7.75. The molecular formula is C24H23BrN2O5. The molecule has 8 heteroatoms. The molecule has 0 atom stereocenters. The first-order valence-corrected chi connectivity index (χ1v) is 10.7. The van der Waals surface area contributed by atoms with Crippen molar-refractivity contribution in [2.45, 2.75) is 20.3 Å². The summed E-state index contributed by atoms with van der Waals surface area (Å²) in [5.74, 6) is -0.416. The average molecular weight is 499 g/mol. The Kier molecular flexibility index (Phi) is 7.15. The number of carbonyl (C=O) groups excluding carboxylic acids is 3. The van der Waals surface area contributed by atoms with E-state index in [1.54, 1.807) is 43.5 Å². The van der Waals surface area contributed by atoms with Crippen LogP contribution >= 0.6 is 15.9 Å². The Morgan fingerprint density at radius 1 is 1.19 bits per heavy atom. The number of methoxy groups -OCH3 is 1. The molecule has 4 amide bonds. The smallest absolute Gasteiger partial charge is 0.335 e. The normalized spacial score (nSPS) is 15.1. The van der Waals surface area contributed by atoms with Gasteiger partial charge in [-0.25, -0.2) is 9.69 Å². The molecule has 7 nitrogen and oxygen atoms in total. The molecule has 1 fully saturated rings. The third kappa shape index (κ3) is 4.60. The fourth-order valence-electron chi connectivity index (χ4n) is 3.40. The minimum absolute atomic E-state index is 0.164. The molecule has 0 saturated carbocycles. The molecule has 3 rings (SSSR count). The predicted octanol–water partition coefficient (Wildman–Crippen LogP) is 4.56. The van der Waals surface area contributed by atoms with Crippen LogP contribution < -0.4 is 19.7 Å². The number of amides is 4. The summed E-state index contributed by atoms with van der Waals surface area (Å²) in [7, 11) is 1.55. The quantitative estimate of drug-likeness (QED) is 0.343. The van der Waals surface area contributed by atoms with Crippen molar-refractivity contribution in [2.24, 2.45) is 0 Å². The number of nitrogens with one attached hydrogen (secondary N) is 1. The molecule has 1 heterocycles. The van der Waals surface area contributed by atoms with Crippen LogP contribution in [-0.4, -0.2) is 31.6 Å². The van der Waals surface area contributed by atoms with Crippen molar-refractivity contribution in [3.63, 3.8) is 0 Å². The average Bonchev–Trinajstić information content (AvgIpc) is 2.74. The van der Waals surface area contributed by atoms with Crippen LogP contribution in [0.5, 0.6) is 11.5 Å². The maximum atomic E-state index is 13.2. The van der Waals surface area contributed by atoms with E-state index in [4.69, 9.17) is 9.47 Å². The predicted molar refractivity (Wildman–Crippen MR) is 126 cm³/mol. The zero-order valence-electron chi connectivity index (χ0n) is 18.0. The third-order valence-electron chi connectivity index (χ3n) is 4.83. The summed E-state index contributed by atoms with van der Waals surface area (Å²) in [5.41, 5.74) is 2.40. The summed E-state index contributed by atoms with van der Waals surface area (Å²) in [6.45, 7) is 7.86. The Hall–Kier alpha value is -3.39. The van der Waals surface area contributed by atoms with Crippen LogP contribution in [0.2, 0.25) is 0 Å². The lowest BCUT2D eigenvalue weighted by Gasteiger charge is -2.26. The van der Waals surface area contributed by atoms with Crippen LogP contribution in [-0.2, 0) is 16.0 Å². The summed E-state index contributed by atoms with van der Waals surface area (Å²) >= 11 is 3.40. The minimum atomic E-state index is -0.795. The molecule has 0 spiro atoms. The highest BCUT2D eigenvalue weighted by atomic mass is 79.9. The van der Waals surface area contributed by atoms with Gasteiger partial charge in [0.2, 0.25) is 0 Å². The molecule has 1 saturated heterocycles. The van der Waals surface area contributed by atoms with E-state index in [0.717, 1.165) is 20.5 Å². The van der Waals surface area contributed by atoms with Gasteiger partial charge < -0.3 is 9.47 Å². The van der Waals surface area contributed by atoms with Gasteiger partial charge in [0, 0.05) is 10.0 Å². The van der Waals surface area contributed by atoms with Crippen molar-refractivity contribution >= 4 is 45.5 Å². The number of nitrogens with zero attached hydrogens (tertiary/aromatic N) is 1. The van der Waals surface area contributed by atoms with Gasteiger partial charge in [-0.3, -0.25) is 14.9 Å². The molecule has 2 aromatic carbocycles. The second kappa shape index (κ2) is 9.82. The number of urea groups is 1. The number of rotatable bonds is 7. The highest BCUT2D eigenvalue weighted by Crippen LogP contribution is 2.35. The highest BCUT2D eigenvalue weighted by Gasteiger charge is 2.37. The van der Waals surface area contributed by atoms with Crippen LogP contribution in [0.3, 0.4) is 0 Å². The first-order chi connectivity index (χ1) is 15.3. The number of hydrogen-bond donors (Lipinski definition) is 1. The molecule has 0 radical (unpaired) electrons. The lowest BCUT2D eigenvalue weighted by Crippen LogP contribution is -2.54. The van der Waals surface area contributed by atoms with E-state index in [2.05, 4.69) is 27.8 Å². The molecule has 0 aromatic heterocycles. The van der Waals surface area contributed by atoms with Crippen LogP contribution in [0, 0.1) is 6.92 Å². The summed E-state index contributed by atoms with van der Waals surface area (Å²) in [5, 5.41) is 2.24. The van der Waals surface area contributed by atoms with E-state index in [1.165, 1.54) is 6.08 Å². The van der Waals surface area contributed by atoms with E-state index in [0.29, 0.717) is 35.8 Å². The van der Waals surface area contributed by atoms with E-state index in [1.807, 2.05) is 13.8 Å². The standard InChI is InChI=1S/C24H23BrN2O5/c1-5-7-16-11-15(13-20(32-6-2)21(16)31-4)12-18-22(28)26-24(30)27(23(18)29)17-8-9-19(25)14(3)10-17/h5,8-13H,1,6-7H2,2-4H3,(H,26,28,30)/b18-12+. The highest BCUT2D eigenvalue weighted by molar-refractivity contribution is 9.10. The van der Waals surface area contributed by atoms with Crippen molar-refractivity contribution in [1.82, 2.24) is 5.32 Å². The van der Waals surface area contributed by atoms with E-state index in [9.17, 15) is 14.4 Å². The fraction of sp³-hybridized carbons (Fsp3) is 0.208. The molecule has 166 valence electrons. The Labute approximate surface area is 194 Å². The number of anilines is 1. The summed E-state index contributed by atoms with van der Waals surface area (Å²) < 4.78 is 12.0. The number of hydrogen-bond acceptors (Lipinski definition) is 5. The van der Waals surface area contributed by atoms with Crippen LogP contribution in [0.15, 0.2) is 53.0 Å². The minimum Gasteiger partial charge on any atom is -0.493 e. The number of allylic oxidation sites excluding steroid dienone is 1. The molecule has 0 bridgehead atoms. The molecule has 1 N–H and O–H groups in total. The topological polar surface area (TPSA) is 84.9 Å². The maximum Gasteiger partial charge on any atom is 0.335 e. The second-order valence-corrected chi connectivity index (χ2v) is 7.88. The van der Waals surface area contributed by atoms with Crippen LogP contribution in [0.1, 0.15) is 23.6 Å². The zero-order valence-corrected chi connectivity index (χ0v) is 19.6. The van der Waals surface area contributed by atoms with Gasteiger partial charge in [-0.15, -0.1) is 6.58 Å². The van der Waals surface area contributed by atoms with Crippen molar-refractivity contribution in [1.29, 1.82) is 0 Å². The Balaban J connectivity index is 2.09. The van der Waals surface area contributed by atoms with Crippen molar-refractivity contribution in [3.05, 3.63) is 69.7 Å². The number of carbonyl (C=O) groups is 3. The van der Waals surface area contributed by atoms with E-state index >= 15 is 0 Å². The maximum absolute atomic E-state index is 13.2. The number of halogens is 1. The lowest BCUT2D eigenvalue weighted by atomic mass is 10.0. The second-order valence-electron chi connectivity index (χ2n) is 7.03. The summed E-state index contributed by atoms with van der Waals surface area (Å²) in [6.07, 6.45) is 3.67. The summed E-state index contributed by atoms with van der Waals surface area (Å²) in [4.78, 5) is 39.1. The number of aryl methyl sites for hydroxylation is 1. The van der Waals surface area contributed by atoms with Crippen LogP contribution in [0.4, 0.5) is 10.5 Å². The van der Waals surface area contributed by atoms with Crippen molar-refractivity contribution in [2.75, 3.05) is 18.6 Å². The largest absolute Gasteiger partial charge is 0.493 e. The Bertz CT molecular complexity index is 1140. The van der Waals surface area contributed by atoms with Crippen molar-refractivity contribution in [3.8, 4) is 11.5 Å². The van der Waals surface area contributed by atoms with E-state index in [-0.39, 0.29) is 5.57 Å². The number of ether oxygens (including phenoxy) is 2. The SMILES string of the molecule is C=CCc1cc(/C=C2\C(=O)NC(=O)N(c3ccc(Br)c(C)c3)C2=O)cc(OCC)c1OC. The van der Waals surface area contributed by atoms with E-state index < -0.39 is 17.8 Å². The van der Waals surface area contributed by atoms with Gasteiger partial charge in [0.1, 0.15) is 5.57 Å². The molecule has 1 aliphatic heterocycles. The number of benzene rings is 2.